The van der Waals surface area contributed by atoms with Gasteiger partial charge in [-0.1, -0.05) is 0 Å². The molecule has 1 fully saturated rings. The Hall–Kier alpha value is -2.18. The largest absolute Gasteiger partial charge is 0.459 e. The van der Waals surface area contributed by atoms with Crippen LogP contribution in [-0.2, 0) is 16.1 Å². The van der Waals surface area contributed by atoms with E-state index < -0.39 is 11.6 Å². The summed E-state index contributed by atoms with van der Waals surface area (Å²) in [6.07, 6.45) is 3.55. The van der Waals surface area contributed by atoms with E-state index in [9.17, 15) is 9.59 Å². The summed E-state index contributed by atoms with van der Waals surface area (Å²) in [6, 6.07) is 0. The van der Waals surface area contributed by atoms with E-state index in [-0.39, 0.29) is 12.1 Å². The van der Waals surface area contributed by atoms with Crippen LogP contribution in [0, 0.1) is 6.92 Å². The molecule has 0 bridgehead atoms. The van der Waals surface area contributed by atoms with Crippen LogP contribution in [0.4, 0.5) is 0 Å². The first-order chi connectivity index (χ1) is 10.3. The van der Waals surface area contributed by atoms with E-state index in [2.05, 4.69) is 10.1 Å². The number of fused-ring (bicyclic) bond motifs is 1. The molecule has 1 saturated carbocycles. The molecule has 0 saturated heterocycles. The van der Waals surface area contributed by atoms with Crippen molar-refractivity contribution in [3.8, 4) is 0 Å². The van der Waals surface area contributed by atoms with Crippen molar-refractivity contribution in [2.24, 2.45) is 0 Å². The molecule has 0 unspecified atom stereocenters. The van der Waals surface area contributed by atoms with Crippen LogP contribution in [0.1, 0.15) is 51.0 Å². The monoisotopic (exact) mass is 304 g/mol. The molecule has 2 heterocycles. The summed E-state index contributed by atoms with van der Waals surface area (Å²) in [5.41, 5.74) is 0.243. The highest BCUT2D eigenvalue weighted by Crippen LogP contribution is 2.39. The van der Waals surface area contributed by atoms with E-state index in [0.717, 1.165) is 18.7 Å². The minimum Gasteiger partial charge on any atom is -0.459 e. The Morgan fingerprint density at radius 3 is 2.68 bits per heavy atom. The van der Waals surface area contributed by atoms with Gasteiger partial charge in [0.05, 0.1) is 5.69 Å². The van der Waals surface area contributed by atoms with Crippen molar-refractivity contribution >= 4 is 11.5 Å². The lowest BCUT2D eigenvalue weighted by Gasteiger charge is -2.19. The van der Waals surface area contributed by atoms with Gasteiger partial charge in [-0.3, -0.25) is 14.2 Å². The van der Waals surface area contributed by atoms with Gasteiger partial charge in [0.15, 0.2) is 5.52 Å². The van der Waals surface area contributed by atoms with Crippen molar-refractivity contribution in [3.63, 3.8) is 0 Å². The highest BCUT2D eigenvalue weighted by atomic mass is 16.6. The standard InChI is InChI=1S/C15H20N4O3/c1-9-12-14(21)18(7-11(20)22-15(2,3)4)8-16-19(12)13(17-9)10-5-6-10/h8,10H,5-7H2,1-4H3. The zero-order chi connectivity index (χ0) is 16.1. The fraction of sp³-hybridized carbons (Fsp3) is 0.600. The second kappa shape index (κ2) is 4.93. The zero-order valence-corrected chi connectivity index (χ0v) is 13.3. The average molecular weight is 304 g/mol. The van der Waals surface area contributed by atoms with Crippen molar-refractivity contribution in [3.05, 3.63) is 28.2 Å². The molecule has 3 rings (SSSR count). The summed E-state index contributed by atoms with van der Waals surface area (Å²) in [5.74, 6) is 0.782. The number of hydrogen-bond donors (Lipinski definition) is 0. The number of imidazole rings is 1. The number of rotatable bonds is 3. The SMILES string of the molecule is Cc1nc(C2CC2)n2ncn(CC(=O)OC(C)(C)C)c(=O)c12. The number of hydrogen-bond acceptors (Lipinski definition) is 5. The van der Waals surface area contributed by atoms with Gasteiger partial charge in [-0.2, -0.15) is 5.10 Å². The van der Waals surface area contributed by atoms with Gasteiger partial charge in [0, 0.05) is 5.92 Å². The number of esters is 1. The summed E-state index contributed by atoms with van der Waals surface area (Å²) in [5, 5.41) is 4.28. The van der Waals surface area contributed by atoms with Gasteiger partial charge in [-0.15, -0.1) is 0 Å². The first-order valence-corrected chi connectivity index (χ1v) is 7.43. The molecule has 0 aliphatic heterocycles. The molecule has 22 heavy (non-hydrogen) atoms. The lowest BCUT2D eigenvalue weighted by Crippen LogP contribution is -2.31. The fourth-order valence-electron chi connectivity index (χ4n) is 2.44. The van der Waals surface area contributed by atoms with Crippen LogP contribution < -0.4 is 5.56 Å². The summed E-state index contributed by atoms with van der Waals surface area (Å²) < 4.78 is 8.13. The minimum absolute atomic E-state index is 0.150. The summed E-state index contributed by atoms with van der Waals surface area (Å²) >= 11 is 0. The Morgan fingerprint density at radius 2 is 2.09 bits per heavy atom. The molecule has 0 aromatic carbocycles. The van der Waals surface area contributed by atoms with Crippen molar-refractivity contribution in [2.45, 2.75) is 58.6 Å². The lowest BCUT2D eigenvalue weighted by atomic mass is 10.2. The van der Waals surface area contributed by atoms with Crippen LogP contribution in [0.25, 0.3) is 5.52 Å². The Kier molecular flexibility index (Phi) is 3.30. The van der Waals surface area contributed by atoms with Gasteiger partial charge in [0.1, 0.15) is 24.3 Å². The molecule has 7 heteroatoms. The predicted octanol–water partition coefficient (Wildman–Crippen LogP) is 1.42. The van der Waals surface area contributed by atoms with Crippen LogP contribution in [0.15, 0.2) is 11.1 Å². The van der Waals surface area contributed by atoms with E-state index in [4.69, 9.17) is 4.74 Å². The van der Waals surface area contributed by atoms with Gasteiger partial charge in [0.25, 0.3) is 5.56 Å². The van der Waals surface area contributed by atoms with Crippen molar-refractivity contribution in [2.75, 3.05) is 0 Å². The third-order valence-corrected chi connectivity index (χ3v) is 3.49. The smallest absolute Gasteiger partial charge is 0.326 e. The fourth-order valence-corrected chi connectivity index (χ4v) is 2.44. The van der Waals surface area contributed by atoms with Crippen LogP contribution in [0.3, 0.4) is 0 Å². The van der Waals surface area contributed by atoms with Crippen molar-refractivity contribution < 1.29 is 9.53 Å². The molecule has 0 spiro atoms. The number of nitrogens with zero attached hydrogens (tertiary/aromatic N) is 4. The molecule has 0 atom stereocenters. The van der Waals surface area contributed by atoms with Crippen LogP contribution in [0.2, 0.25) is 0 Å². The first kappa shape index (κ1) is 14.7. The molecule has 1 aliphatic carbocycles. The van der Waals surface area contributed by atoms with Gasteiger partial charge in [-0.05, 0) is 40.5 Å². The Labute approximate surface area is 127 Å². The number of aryl methyl sites for hydroxylation is 1. The summed E-state index contributed by atoms with van der Waals surface area (Å²) in [7, 11) is 0. The minimum atomic E-state index is -0.579. The molecule has 7 nitrogen and oxygen atoms in total. The molecule has 0 amide bonds. The average Bonchev–Trinajstić information content (AvgIpc) is 3.15. The number of carbonyl (C=O) groups excluding carboxylic acids is 1. The second-order valence-corrected chi connectivity index (χ2v) is 6.74. The molecule has 118 valence electrons. The lowest BCUT2D eigenvalue weighted by molar-refractivity contribution is -0.155. The van der Waals surface area contributed by atoms with E-state index in [1.165, 1.54) is 10.9 Å². The quantitative estimate of drug-likeness (QED) is 0.801. The number of carbonyl (C=O) groups is 1. The van der Waals surface area contributed by atoms with Gasteiger partial charge in [-0.25, -0.2) is 9.50 Å². The van der Waals surface area contributed by atoms with Crippen molar-refractivity contribution in [1.82, 2.24) is 19.2 Å². The topological polar surface area (TPSA) is 78.5 Å². The molecular formula is C15H20N4O3. The zero-order valence-electron chi connectivity index (χ0n) is 13.3. The van der Waals surface area contributed by atoms with Crippen LogP contribution >= 0.6 is 0 Å². The van der Waals surface area contributed by atoms with Gasteiger partial charge >= 0.3 is 5.97 Å². The van der Waals surface area contributed by atoms with Crippen molar-refractivity contribution in [1.29, 1.82) is 0 Å². The van der Waals surface area contributed by atoms with Crippen LogP contribution in [-0.4, -0.2) is 30.7 Å². The predicted molar refractivity (Wildman–Crippen MR) is 79.8 cm³/mol. The molecule has 0 N–H and O–H groups in total. The normalized spacial score (nSPS) is 15.3. The summed E-state index contributed by atoms with van der Waals surface area (Å²) in [4.78, 5) is 28.9. The highest BCUT2D eigenvalue weighted by molar-refractivity contribution is 5.69. The van der Waals surface area contributed by atoms with Gasteiger partial charge in [0.2, 0.25) is 0 Å². The van der Waals surface area contributed by atoms with E-state index >= 15 is 0 Å². The third kappa shape index (κ3) is 2.75. The van der Waals surface area contributed by atoms with E-state index in [0.29, 0.717) is 17.1 Å². The van der Waals surface area contributed by atoms with E-state index in [1.807, 2.05) is 0 Å². The molecular weight excluding hydrogens is 284 g/mol. The maximum absolute atomic E-state index is 12.6. The molecule has 0 radical (unpaired) electrons. The maximum atomic E-state index is 12.6. The Bertz CT molecular complexity index is 793. The Balaban J connectivity index is 1.95. The number of aromatic nitrogens is 4. The highest BCUT2D eigenvalue weighted by Gasteiger charge is 2.30. The number of ether oxygens (including phenoxy) is 1. The van der Waals surface area contributed by atoms with E-state index in [1.54, 1.807) is 32.2 Å². The maximum Gasteiger partial charge on any atom is 0.326 e. The second-order valence-electron chi connectivity index (χ2n) is 6.74. The molecule has 2 aromatic rings. The third-order valence-electron chi connectivity index (χ3n) is 3.49. The van der Waals surface area contributed by atoms with Crippen LogP contribution in [0.5, 0.6) is 0 Å². The molecule has 2 aromatic heterocycles. The first-order valence-electron chi connectivity index (χ1n) is 7.43. The Morgan fingerprint density at radius 1 is 1.41 bits per heavy atom. The van der Waals surface area contributed by atoms with Gasteiger partial charge < -0.3 is 4.74 Å². The summed E-state index contributed by atoms with van der Waals surface area (Å²) in [6.45, 7) is 7.01. The molecule has 1 aliphatic rings.